The number of carbonyl (C=O) groups excluding carboxylic acids is 1. The molecule has 0 unspecified atom stereocenters. The predicted octanol–water partition coefficient (Wildman–Crippen LogP) is 2.63. The summed E-state index contributed by atoms with van der Waals surface area (Å²) < 4.78 is 28.5. The van der Waals surface area contributed by atoms with E-state index >= 15 is 0 Å². The predicted molar refractivity (Wildman–Crippen MR) is 127 cm³/mol. The number of fused-ring (bicyclic) bond motifs is 1. The van der Waals surface area contributed by atoms with Gasteiger partial charge in [-0.15, -0.1) is 15.3 Å². The number of rotatable bonds is 10. The third-order valence-electron chi connectivity index (χ3n) is 5.17. The van der Waals surface area contributed by atoms with Gasteiger partial charge in [-0.05, 0) is 42.5 Å². The van der Waals surface area contributed by atoms with Crippen LogP contribution in [0.1, 0.15) is 10.4 Å². The van der Waals surface area contributed by atoms with Crippen molar-refractivity contribution in [3.63, 3.8) is 0 Å². The molecule has 0 aliphatic carbocycles. The molecular weight excluding hydrogens is 454 g/mol. The Morgan fingerprint density at radius 3 is 2.37 bits per heavy atom. The molecule has 2 aromatic carbocycles. The molecule has 35 heavy (non-hydrogen) atoms. The van der Waals surface area contributed by atoms with E-state index in [4.69, 9.17) is 23.7 Å². The summed E-state index contributed by atoms with van der Waals surface area (Å²) in [5, 5.41) is 15.7. The summed E-state index contributed by atoms with van der Waals surface area (Å²) >= 11 is 0. The first-order chi connectivity index (χ1) is 17.1. The first-order valence-corrected chi connectivity index (χ1v) is 10.7. The first kappa shape index (κ1) is 23.6. The maximum Gasteiger partial charge on any atom is 0.251 e. The van der Waals surface area contributed by atoms with Crippen molar-refractivity contribution in [2.45, 2.75) is 0 Å². The maximum atomic E-state index is 12.5. The minimum Gasteiger partial charge on any atom is -0.497 e. The van der Waals surface area contributed by atoms with Crippen molar-refractivity contribution in [1.29, 1.82) is 0 Å². The number of hydrogen-bond donors (Lipinski definition) is 1. The number of methoxy groups -OCH3 is 4. The highest BCUT2D eigenvalue weighted by Gasteiger charge is 2.16. The zero-order valence-electron chi connectivity index (χ0n) is 19.8. The van der Waals surface area contributed by atoms with Crippen LogP contribution in [0.5, 0.6) is 28.9 Å². The van der Waals surface area contributed by atoms with Crippen LogP contribution in [-0.4, -0.2) is 67.3 Å². The molecule has 0 aliphatic rings. The van der Waals surface area contributed by atoms with Crippen LogP contribution in [0.2, 0.25) is 0 Å². The zero-order chi connectivity index (χ0) is 24.8. The summed E-state index contributed by atoms with van der Waals surface area (Å²) in [5.74, 6) is 2.84. The number of benzene rings is 2. The van der Waals surface area contributed by atoms with Crippen molar-refractivity contribution >= 4 is 11.6 Å². The highest BCUT2D eigenvalue weighted by atomic mass is 16.5. The molecule has 4 aromatic rings. The van der Waals surface area contributed by atoms with E-state index in [-0.39, 0.29) is 19.1 Å². The summed E-state index contributed by atoms with van der Waals surface area (Å²) in [7, 11) is 6.22. The zero-order valence-corrected chi connectivity index (χ0v) is 19.8. The average molecular weight is 479 g/mol. The minimum absolute atomic E-state index is 0.206. The lowest BCUT2D eigenvalue weighted by atomic mass is 10.2. The smallest absolute Gasteiger partial charge is 0.251 e. The molecule has 11 nitrogen and oxygen atoms in total. The second-order valence-corrected chi connectivity index (χ2v) is 7.21. The van der Waals surface area contributed by atoms with Gasteiger partial charge in [-0.1, -0.05) is 0 Å². The van der Waals surface area contributed by atoms with E-state index in [1.165, 1.54) is 14.2 Å². The molecule has 0 saturated heterocycles. The van der Waals surface area contributed by atoms with Crippen LogP contribution in [0.15, 0.2) is 48.5 Å². The summed E-state index contributed by atoms with van der Waals surface area (Å²) in [5.41, 5.74) is 1.66. The summed E-state index contributed by atoms with van der Waals surface area (Å²) in [6.45, 7) is 0.475. The van der Waals surface area contributed by atoms with Crippen molar-refractivity contribution in [1.82, 2.24) is 25.1 Å². The molecule has 1 N–H and O–H groups in total. The summed E-state index contributed by atoms with van der Waals surface area (Å²) in [6, 6.07) is 13.8. The van der Waals surface area contributed by atoms with Gasteiger partial charge in [0.2, 0.25) is 5.88 Å². The van der Waals surface area contributed by atoms with E-state index in [0.29, 0.717) is 51.5 Å². The summed E-state index contributed by atoms with van der Waals surface area (Å²) in [4.78, 5) is 12.5. The van der Waals surface area contributed by atoms with Crippen LogP contribution < -0.4 is 29.0 Å². The molecule has 0 spiro atoms. The third kappa shape index (κ3) is 5.03. The molecule has 0 atom stereocenters. The van der Waals surface area contributed by atoms with Gasteiger partial charge in [0, 0.05) is 11.6 Å². The lowest BCUT2D eigenvalue weighted by molar-refractivity contribution is 0.0946. The van der Waals surface area contributed by atoms with E-state index in [1.54, 1.807) is 67.3 Å². The Bertz CT molecular complexity index is 1340. The van der Waals surface area contributed by atoms with E-state index in [1.807, 2.05) is 0 Å². The van der Waals surface area contributed by atoms with E-state index in [9.17, 15) is 4.79 Å². The van der Waals surface area contributed by atoms with E-state index in [2.05, 4.69) is 20.6 Å². The number of amides is 1. The summed E-state index contributed by atoms with van der Waals surface area (Å²) in [6.07, 6.45) is 0. The molecule has 0 saturated carbocycles. The van der Waals surface area contributed by atoms with Crippen molar-refractivity contribution < 1.29 is 28.5 Å². The minimum atomic E-state index is -0.260. The van der Waals surface area contributed by atoms with Gasteiger partial charge in [0.05, 0.1) is 40.5 Å². The Labute approximate surface area is 201 Å². The average Bonchev–Trinajstić information content (AvgIpc) is 3.33. The molecule has 2 heterocycles. The normalized spacial score (nSPS) is 10.6. The van der Waals surface area contributed by atoms with Gasteiger partial charge in [0.25, 0.3) is 5.91 Å². The fourth-order valence-electron chi connectivity index (χ4n) is 3.41. The van der Waals surface area contributed by atoms with Gasteiger partial charge in [-0.2, -0.15) is 4.52 Å². The highest BCUT2D eigenvalue weighted by molar-refractivity contribution is 5.94. The molecule has 182 valence electrons. The van der Waals surface area contributed by atoms with Gasteiger partial charge in [-0.25, -0.2) is 0 Å². The number of aromatic nitrogens is 4. The van der Waals surface area contributed by atoms with Crippen LogP contribution >= 0.6 is 0 Å². The van der Waals surface area contributed by atoms with Gasteiger partial charge < -0.3 is 29.0 Å². The lowest BCUT2D eigenvalue weighted by Gasteiger charge is -2.11. The second-order valence-electron chi connectivity index (χ2n) is 7.21. The van der Waals surface area contributed by atoms with Gasteiger partial charge in [0.15, 0.2) is 23.0 Å². The van der Waals surface area contributed by atoms with Crippen LogP contribution in [0, 0.1) is 0 Å². The Morgan fingerprint density at radius 2 is 1.63 bits per heavy atom. The van der Waals surface area contributed by atoms with Gasteiger partial charge in [-0.3, -0.25) is 4.79 Å². The second kappa shape index (κ2) is 10.6. The highest BCUT2D eigenvalue weighted by Crippen LogP contribution is 2.32. The fraction of sp³-hybridized carbons (Fsp3) is 0.250. The van der Waals surface area contributed by atoms with E-state index in [0.717, 1.165) is 0 Å². The number of nitrogens with zero attached hydrogens (tertiary/aromatic N) is 4. The lowest BCUT2D eigenvalue weighted by Crippen LogP contribution is -2.28. The monoisotopic (exact) mass is 479 g/mol. The van der Waals surface area contributed by atoms with Crippen molar-refractivity contribution in [2.75, 3.05) is 41.6 Å². The van der Waals surface area contributed by atoms with Crippen molar-refractivity contribution in [3.05, 3.63) is 54.1 Å². The van der Waals surface area contributed by atoms with Gasteiger partial charge >= 0.3 is 0 Å². The quantitative estimate of drug-likeness (QED) is 0.342. The molecular formula is C24H25N5O6. The number of ether oxygens (including phenoxy) is 5. The van der Waals surface area contributed by atoms with Crippen molar-refractivity contribution in [3.8, 4) is 40.3 Å². The van der Waals surface area contributed by atoms with Crippen molar-refractivity contribution in [2.24, 2.45) is 0 Å². The molecule has 4 rings (SSSR count). The van der Waals surface area contributed by atoms with Crippen LogP contribution in [0.4, 0.5) is 0 Å². The van der Waals surface area contributed by atoms with Crippen LogP contribution in [-0.2, 0) is 0 Å². The molecule has 0 radical (unpaired) electrons. The topological polar surface area (TPSA) is 118 Å². The first-order valence-electron chi connectivity index (χ1n) is 10.7. The molecule has 11 heteroatoms. The van der Waals surface area contributed by atoms with Gasteiger partial charge in [0.1, 0.15) is 18.1 Å². The number of nitrogens with one attached hydrogen (secondary N) is 1. The molecule has 2 aromatic heterocycles. The SMILES string of the molecule is COc1ccc(OC)c(-c2nnc3ccc(OCCNC(=O)c4ccc(OC)c(OC)c4)nn23)c1. The van der Waals surface area contributed by atoms with E-state index < -0.39 is 0 Å². The molecule has 0 bridgehead atoms. The van der Waals surface area contributed by atoms with Crippen LogP contribution in [0.25, 0.3) is 17.0 Å². The molecule has 0 aliphatic heterocycles. The number of hydrogen-bond acceptors (Lipinski definition) is 9. The third-order valence-corrected chi connectivity index (χ3v) is 5.17. The Hall–Kier alpha value is -4.54. The van der Waals surface area contributed by atoms with Crippen LogP contribution in [0.3, 0.4) is 0 Å². The standard InChI is InChI=1S/C24H25N5O6/c1-31-16-6-8-18(32-2)17(14-16)23-27-26-21-9-10-22(28-29(21)23)35-12-11-25-24(30)15-5-7-19(33-3)20(13-15)34-4/h5-10,13-14H,11-12H2,1-4H3,(H,25,30). The molecule has 1 amide bonds. The largest absolute Gasteiger partial charge is 0.497 e. The molecule has 0 fully saturated rings. The Balaban J connectivity index is 1.43. The Morgan fingerprint density at radius 1 is 0.857 bits per heavy atom. The number of carbonyl (C=O) groups is 1. The fourth-order valence-corrected chi connectivity index (χ4v) is 3.41. The Kier molecular flexibility index (Phi) is 7.15. The maximum absolute atomic E-state index is 12.5.